The van der Waals surface area contributed by atoms with E-state index in [0.717, 1.165) is 7.11 Å². The molecule has 7 heteroatoms. The molecule has 4 nitrogen and oxygen atoms in total. The van der Waals surface area contributed by atoms with Crippen LogP contribution in [0.4, 0.5) is 0 Å². The number of nitrogens with zero attached hydrogens (tertiary/aromatic N) is 1. The van der Waals surface area contributed by atoms with E-state index in [1.165, 1.54) is 6.07 Å². The number of esters is 1. The van der Waals surface area contributed by atoms with E-state index in [1.54, 1.807) is 0 Å². The fourth-order valence-corrected chi connectivity index (χ4v) is 0.743. The van der Waals surface area contributed by atoms with Gasteiger partial charge in [0, 0.05) is 0 Å². The lowest BCUT2D eigenvalue weighted by Crippen LogP contribution is -2.22. The Morgan fingerprint density at radius 2 is 2.00 bits per heavy atom. The molecule has 0 saturated heterocycles. The third-order valence-electron chi connectivity index (χ3n) is 1.08. The third-order valence-corrected chi connectivity index (χ3v) is 1.69. The highest BCUT2D eigenvalue weighted by atomic mass is 35.6. The number of carbonyl (C=O) groups excluding carboxylic acids is 1. The van der Waals surface area contributed by atoms with Gasteiger partial charge in [-0.15, -0.1) is 0 Å². The van der Waals surface area contributed by atoms with Crippen molar-refractivity contribution < 1.29 is 9.53 Å². The number of carbonyl (C=O) groups is 1. The van der Waals surface area contributed by atoms with Gasteiger partial charge in [0.25, 0.3) is 0 Å². The first-order valence-electron chi connectivity index (χ1n) is 2.90. The lowest BCUT2D eigenvalue weighted by molar-refractivity contribution is -0.135. The van der Waals surface area contributed by atoms with Crippen LogP contribution >= 0.6 is 34.8 Å². The first-order valence-corrected chi connectivity index (χ1v) is 4.03. The van der Waals surface area contributed by atoms with Crippen LogP contribution in [0.2, 0.25) is 0 Å². The van der Waals surface area contributed by atoms with Gasteiger partial charge in [-0.1, -0.05) is 34.8 Å². The van der Waals surface area contributed by atoms with Crippen LogP contribution in [0.1, 0.15) is 0 Å². The molecule has 2 N–H and O–H groups in total. The second-order valence-corrected chi connectivity index (χ2v) is 4.17. The molecule has 0 spiro atoms. The van der Waals surface area contributed by atoms with Crippen molar-refractivity contribution in [2.45, 2.75) is 3.79 Å². The quantitative estimate of drug-likeness (QED) is 0.326. The first-order chi connectivity index (χ1) is 5.84. The standard InChI is InChI=1S/C6H5Cl3N2O2/c1-13-5(12)3(2-10)4(11)6(7,8)9/h11H2,1H3. The number of hydrogen-bond donors (Lipinski definition) is 1. The predicted molar refractivity (Wildman–Crippen MR) is 49.1 cm³/mol. The zero-order chi connectivity index (χ0) is 10.6. The van der Waals surface area contributed by atoms with Gasteiger partial charge in [0.2, 0.25) is 3.79 Å². The number of allylic oxidation sites excluding steroid dienone is 1. The van der Waals surface area contributed by atoms with Crippen LogP contribution in [0, 0.1) is 11.3 Å². The topological polar surface area (TPSA) is 76.1 Å². The lowest BCUT2D eigenvalue weighted by Gasteiger charge is -2.11. The monoisotopic (exact) mass is 242 g/mol. The van der Waals surface area contributed by atoms with E-state index in [0.29, 0.717) is 0 Å². The Bertz CT molecular complexity index is 287. The Hall–Kier alpha value is -0.630. The van der Waals surface area contributed by atoms with Crippen molar-refractivity contribution in [3.63, 3.8) is 0 Å². The summed E-state index contributed by atoms with van der Waals surface area (Å²) in [5.74, 6) is -0.939. The largest absolute Gasteiger partial charge is 0.465 e. The normalized spacial score (nSPS) is 12.8. The van der Waals surface area contributed by atoms with Crippen molar-refractivity contribution in [1.29, 1.82) is 5.26 Å². The second-order valence-electron chi connectivity index (χ2n) is 1.89. The molecule has 0 aromatic rings. The lowest BCUT2D eigenvalue weighted by atomic mass is 10.2. The molecule has 0 saturated carbocycles. The van der Waals surface area contributed by atoms with Crippen LogP contribution in [0.25, 0.3) is 0 Å². The molecule has 0 aromatic heterocycles. The van der Waals surface area contributed by atoms with Crippen LogP contribution in [0.15, 0.2) is 11.3 Å². The van der Waals surface area contributed by atoms with Gasteiger partial charge >= 0.3 is 5.97 Å². The number of hydrogen-bond acceptors (Lipinski definition) is 4. The summed E-state index contributed by atoms with van der Waals surface area (Å²) < 4.78 is 2.26. The molecular weight excluding hydrogens is 238 g/mol. The Labute approximate surface area is 89.8 Å². The van der Waals surface area contributed by atoms with E-state index >= 15 is 0 Å². The molecule has 0 aliphatic heterocycles. The SMILES string of the molecule is COC(=O)C(C#N)=C(N)C(Cl)(Cl)Cl. The number of nitriles is 1. The minimum atomic E-state index is -1.99. The summed E-state index contributed by atoms with van der Waals surface area (Å²) in [6, 6.07) is 1.49. The van der Waals surface area contributed by atoms with Crippen LogP contribution in [0.3, 0.4) is 0 Å². The third kappa shape index (κ3) is 3.31. The maximum atomic E-state index is 10.9. The molecule has 0 radical (unpaired) electrons. The first kappa shape index (κ1) is 12.4. The van der Waals surface area contributed by atoms with E-state index in [-0.39, 0.29) is 0 Å². The van der Waals surface area contributed by atoms with Gasteiger partial charge in [0.15, 0.2) is 5.57 Å². The summed E-state index contributed by atoms with van der Waals surface area (Å²) in [6.07, 6.45) is 0. The molecule has 0 aliphatic rings. The summed E-state index contributed by atoms with van der Waals surface area (Å²) in [7, 11) is 1.09. The van der Waals surface area contributed by atoms with E-state index in [2.05, 4.69) is 4.74 Å². The average molecular weight is 243 g/mol. The fraction of sp³-hybridized carbons (Fsp3) is 0.333. The van der Waals surface area contributed by atoms with E-state index in [9.17, 15) is 4.79 Å². The molecule has 13 heavy (non-hydrogen) atoms. The van der Waals surface area contributed by atoms with Crippen molar-refractivity contribution in [2.24, 2.45) is 5.73 Å². The maximum absolute atomic E-state index is 10.9. The Balaban J connectivity index is 5.18. The van der Waals surface area contributed by atoms with E-state index in [4.69, 9.17) is 45.8 Å². The zero-order valence-electron chi connectivity index (χ0n) is 6.47. The highest BCUT2D eigenvalue weighted by Gasteiger charge is 2.30. The molecule has 0 heterocycles. The van der Waals surface area contributed by atoms with Gasteiger partial charge in [0.05, 0.1) is 12.8 Å². The molecule has 0 fully saturated rings. The highest BCUT2D eigenvalue weighted by Crippen LogP contribution is 2.33. The molecule has 72 valence electrons. The van der Waals surface area contributed by atoms with Crippen LogP contribution in [-0.2, 0) is 9.53 Å². The van der Waals surface area contributed by atoms with Crippen LogP contribution < -0.4 is 5.73 Å². The Morgan fingerprint density at radius 1 is 1.54 bits per heavy atom. The Morgan fingerprint density at radius 3 is 2.23 bits per heavy atom. The van der Waals surface area contributed by atoms with Crippen molar-refractivity contribution in [3.8, 4) is 6.07 Å². The van der Waals surface area contributed by atoms with E-state index < -0.39 is 21.0 Å². The number of rotatable bonds is 1. The van der Waals surface area contributed by atoms with Gasteiger partial charge in [-0.2, -0.15) is 5.26 Å². The van der Waals surface area contributed by atoms with Crippen molar-refractivity contribution >= 4 is 40.8 Å². The highest BCUT2D eigenvalue weighted by molar-refractivity contribution is 6.69. The Kier molecular flexibility index (Phi) is 4.34. The van der Waals surface area contributed by atoms with Gasteiger partial charge in [-0.05, 0) is 0 Å². The molecule has 0 aliphatic carbocycles. The molecule has 0 unspecified atom stereocenters. The zero-order valence-corrected chi connectivity index (χ0v) is 8.74. The number of nitrogens with two attached hydrogens (primary N) is 1. The minimum absolute atomic E-state index is 0.452. The maximum Gasteiger partial charge on any atom is 0.350 e. The van der Waals surface area contributed by atoms with E-state index in [1.807, 2.05) is 0 Å². The van der Waals surface area contributed by atoms with Gasteiger partial charge in [-0.3, -0.25) is 0 Å². The van der Waals surface area contributed by atoms with Crippen molar-refractivity contribution in [3.05, 3.63) is 11.3 Å². The molecule has 0 bridgehead atoms. The van der Waals surface area contributed by atoms with Gasteiger partial charge < -0.3 is 10.5 Å². The van der Waals surface area contributed by atoms with Gasteiger partial charge in [-0.25, -0.2) is 4.79 Å². The van der Waals surface area contributed by atoms with Crippen molar-refractivity contribution in [2.75, 3.05) is 7.11 Å². The number of ether oxygens (including phenoxy) is 1. The summed E-state index contributed by atoms with van der Waals surface area (Å²) in [5, 5.41) is 8.50. The molecule has 0 aromatic carbocycles. The summed E-state index contributed by atoms with van der Waals surface area (Å²) in [5.41, 5.74) is 4.28. The summed E-state index contributed by atoms with van der Waals surface area (Å²) >= 11 is 16.0. The molecule has 0 rings (SSSR count). The smallest absolute Gasteiger partial charge is 0.350 e. The van der Waals surface area contributed by atoms with Crippen LogP contribution in [0.5, 0.6) is 0 Å². The van der Waals surface area contributed by atoms with Gasteiger partial charge in [0.1, 0.15) is 6.07 Å². The minimum Gasteiger partial charge on any atom is -0.465 e. The summed E-state index contributed by atoms with van der Waals surface area (Å²) in [6.45, 7) is 0. The molecule has 0 atom stereocenters. The number of methoxy groups -OCH3 is 1. The molecule has 0 amide bonds. The van der Waals surface area contributed by atoms with Crippen LogP contribution in [-0.4, -0.2) is 16.9 Å². The molecular formula is C6H5Cl3N2O2. The second kappa shape index (κ2) is 4.56. The number of alkyl halides is 3. The van der Waals surface area contributed by atoms with Crippen molar-refractivity contribution in [1.82, 2.24) is 0 Å². The number of halogens is 3. The predicted octanol–water partition coefficient (Wildman–Crippen LogP) is 1.27. The average Bonchev–Trinajstić information content (AvgIpc) is 2.03. The fourth-order valence-electron chi connectivity index (χ4n) is 0.460. The summed E-state index contributed by atoms with van der Waals surface area (Å²) in [4.78, 5) is 10.9.